The largest absolute Gasteiger partial charge is 0.304 e. The Kier molecular flexibility index (Phi) is 4.47. The van der Waals surface area contributed by atoms with Crippen molar-refractivity contribution in [1.82, 2.24) is 0 Å². The second-order valence-corrected chi connectivity index (χ2v) is 5.46. The van der Waals surface area contributed by atoms with Crippen LogP contribution in [0.3, 0.4) is 0 Å². The maximum absolute atomic E-state index is 13.6. The average Bonchev–Trinajstić information content (AvgIpc) is 2.41. The normalized spacial score (nSPS) is 22.8. The van der Waals surface area contributed by atoms with Gasteiger partial charge in [-0.2, -0.15) is 4.39 Å². The van der Waals surface area contributed by atoms with Gasteiger partial charge in [-0.1, -0.05) is 19.4 Å². The number of ketones is 1. The van der Waals surface area contributed by atoms with Gasteiger partial charge in [0.15, 0.2) is 0 Å². The lowest BCUT2D eigenvalue weighted by Crippen LogP contribution is -2.26. The molecule has 1 saturated carbocycles. The zero-order chi connectivity index (χ0) is 14.7. The topological polar surface area (TPSA) is 60.2 Å². The average molecular weight is 279 g/mol. The van der Waals surface area contributed by atoms with Crippen LogP contribution in [-0.4, -0.2) is 10.7 Å². The SMILES string of the molecule is CCC1CCC(=O)C(Cc2ccc([N+](=O)[O-])c(F)c2)C1. The molecule has 4 nitrogen and oxygen atoms in total. The number of nitrogens with zero attached hydrogens (tertiary/aromatic N) is 1. The molecule has 1 aliphatic rings. The summed E-state index contributed by atoms with van der Waals surface area (Å²) in [5.41, 5.74) is 0.137. The van der Waals surface area contributed by atoms with Crippen LogP contribution in [-0.2, 0) is 11.2 Å². The summed E-state index contributed by atoms with van der Waals surface area (Å²) in [7, 11) is 0. The minimum atomic E-state index is -0.831. The lowest BCUT2D eigenvalue weighted by molar-refractivity contribution is -0.387. The number of Topliss-reactive ketones (excluding diaryl/α,β-unsaturated/α-hetero) is 1. The van der Waals surface area contributed by atoms with E-state index in [1.54, 1.807) is 6.07 Å². The molecular formula is C15H18FNO3. The first-order chi connectivity index (χ1) is 9.51. The van der Waals surface area contributed by atoms with Crippen molar-refractivity contribution in [3.63, 3.8) is 0 Å². The number of nitro groups is 1. The summed E-state index contributed by atoms with van der Waals surface area (Å²) >= 11 is 0. The summed E-state index contributed by atoms with van der Waals surface area (Å²) in [5.74, 6) is -0.119. The molecule has 2 rings (SSSR count). The van der Waals surface area contributed by atoms with Crippen molar-refractivity contribution >= 4 is 11.5 Å². The maximum Gasteiger partial charge on any atom is 0.304 e. The molecule has 0 spiro atoms. The highest BCUT2D eigenvalue weighted by Gasteiger charge is 2.28. The van der Waals surface area contributed by atoms with Crippen LogP contribution in [0.15, 0.2) is 18.2 Å². The molecule has 2 unspecified atom stereocenters. The third-order valence-electron chi connectivity index (χ3n) is 4.14. The Bertz CT molecular complexity index is 530. The van der Waals surface area contributed by atoms with Crippen LogP contribution in [0.2, 0.25) is 0 Å². The Hall–Kier alpha value is -1.78. The van der Waals surface area contributed by atoms with Gasteiger partial charge in [0.2, 0.25) is 5.82 Å². The number of hydrogen-bond acceptors (Lipinski definition) is 3. The molecule has 2 atom stereocenters. The predicted molar refractivity (Wildman–Crippen MR) is 72.9 cm³/mol. The lowest BCUT2D eigenvalue weighted by atomic mass is 9.77. The fraction of sp³-hybridized carbons (Fsp3) is 0.533. The van der Waals surface area contributed by atoms with E-state index < -0.39 is 16.4 Å². The van der Waals surface area contributed by atoms with E-state index >= 15 is 0 Å². The number of carbonyl (C=O) groups excluding carboxylic acids is 1. The summed E-state index contributed by atoms with van der Waals surface area (Å²) in [6.45, 7) is 2.11. The van der Waals surface area contributed by atoms with Gasteiger partial charge in [-0.25, -0.2) is 0 Å². The summed E-state index contributed by atoms with van der Waals surface area (Å²) < 4.78 is 13.6. The molecule has 1 aromatic rings. The van der Waals surface area contributed by atoms with E-state index in [1.165, 1.54) is 12.1 Å². The second-order valence-electron chi connectivity index (χ2n) is 5.46. The van der Waals surface area contributed by atoms with E-state index in [0.717, 1.165) is 19.3 Å². The van der Waals surface area contributed by atoms with Crippen LogP contribution >= 0.6 is 0 Å². The number of rotatable bonds is 4. The van der Waals surface area contributed by atoms with Gasteiger partial charge in [-0.15, -0.1) is 0 Å². The Morgan fingerprint density at radius 3 is 2.80 bits per heavy atom. The van der Waals surface area contributed by atoms with E-state index in [4.69, 9.17) is 0 Å². The molecule has 108 valence electrons. The fourth-order valence-electron chi connectivity index (χ4n) is 2.88. The van der Waals surface area contributed by atoms with Crippen LogP contribution in [0.25, 0.3) is 0 Å². The van der Waals surface area contributed by atoms with Crippen LogP contribution in [0, 0.1) is 27.8 Å². The van der Waals surface area contributed by atoms with Gasteiger partial charge in [0.1, 0.15) is 5.78 Å². The minimum absolute atomic E-state index is 0.0745. The maximum atomic E-state index is 13.6. The molecule has 0 amide bonds. The minimum Gasteiger partial charge on any atom is -0.299 e. The van der Waals surface area contributed by atoms with E-state index in [-0.39, 0.29) is 11.7 Å². The number of carbonyl (C=O) groups is 1. The van der Waals surface area contributed by atoms with Gasteiger partial charge in [0.25, 0.3) is 0 Å². The molecule has 0 heterocycles. The summed E-state index contributed by atoms with van der Waals surface area (Å²) in [4.78, 5) is 21.7. The first-order valence-electron chi connectivity index (χ1n) is 6.96. The van der Waals surface area contributed by atoms with E-state index in [9.17, 15) is 19.3 Å². The van der Waals surface area contributed by atoms with Crippen LogP contribution in [0.4, 0.5) is 10.1 Å². The molecule has 5 heteroatoms. The number of halogens is 1. The monoisotopic (exact) mass is 279 g/mol. The first-order valence-corrected chi connectivity index (χ1v) is 6.96. The van der Waals surface area contributed by atoms with Crippen molar-refractivity contribution in [2.24, 2.45) is 11.8 Å². The molecule has 0 aromatic heterocycles. The van der Waals surface area contributed by atoms with Gasteiger partial charge < -0.3 is 0 Å². The van der Waals surface area contributed by atoms with Crippen LogP contribution < -0.4 is 0 Å². The molecule has 0 aliphatic heterocycles. The Morgan fingerprint density at radius 2 is 2.20 bits per heavy atom. The lowest BCUT2D eigenvalue weighted by Gasteiger charge is -2.27. The first kappa shape index (κ1) is 14.6. The fourth-order valence-corrected chi connectivity index (χ4v) is 2.88. The van der Waals surface area contributed by atoms with Gasteiger partial charge in [0.05, 0.1) is 4.92 Å². The number of benzene rings is 1. The van der Waals surface area contributed by atoms with Gasteiger partial charge in [-0.05, 0) is 36.8 Å². The third kappa shape index (κ3) is 3.21. The summed E-state index contributed by atoms with van der Waals surface area (Å²) in [5, 5.41) is 10.6. The Balaban J connectivity index is 2.11. The third-order valence-corrected chi connectivity index (χ3v) is 4.14. The molecule has 1 aliphatic carbocycles. The van der Waals surface area contributed by atoms with Crippen molar-refractivity contribution in [3.8, 4) is 0 Å². The van der Waals surface area contributed by atoms with E-state index in [2.05, 4.69) is 6.92 Å². The van der Waals surface area contributed by atoms with Gasteiger partial charge >= 0.3 is 5.69 Å². The quantitative estimate of drug-likeness (QED) is 0.624. The molecule has 1 fully saturated rings. The smallest absolute Gasteiger partial charge is 0.299 e. The Morgan fingerprint density at radius 1 is 1.45 bits per heavy atom. The second kappa shape index (κ2) is 6.11. The van der Waals surface area contributed by atoms with Crippen LogP contribution in [0.5, 0.6) is 0 Å². The van der Waals surface area contributed by atoms with Crippen LogP contribution in [0.1, 0.15) is 38.2 Å². The van der Waals surface area contributed by atoms with Crippen molar-refractivity contribution in [2.75, 3.05) is 0 Å². The van der Waals surface area contributed by atoms with Crippen molar-refractivity contribution < 1.29 is 14.1 Å². The molecule has 20 heavy (non-hydrogen) atoms. The van der Waals surface area contributed by atoms with Gasteiger partial charge in [-0.3, -0.25) is 14.9 Å². The van der Waals surface area contributed by atoms with E-state index in [1.807, 2.05) is 0 Å². The highest BCUT2D eigenvalue weighted by atomic mass is 19.1. The van der Waals surface area contributed by atoms with Gasteiger partial charge in [0, 0.05) is 18.4 Å². The van der Waals surface area contributed by atoms with Crippen molar-refractivity contribution in [1.29, 1.82) is 0 Å². The predicted octanol–water partition coefficient (Wildman–Crippen LogP) is 3.67. The standard InChI is InChI=1S/C15H18FNO3/c1-2-10-4-6-15(18)12(7-10)8-11-3-5-14(17(19)20)13(16)9-11/h3,5,9-10,12H,2,4,6-8H2,1H3. The zero-order valence-electron chi connectivity index (χ0n) is 11.5. The molecule has 0 saturated heterocycles. The highest BCUT2D eigenvalue weighted by molar-refractivity contribution is 5.82. The van der Waals surface area contributed by atoms with Crippen molar-refractivity contribution in [2.45, 2.75) is 39.0 Å². The molecule has 0 bridgehead atoms. The molecule has 0 radical (unpaired) electrons. The number of nitro benzene ring substituents is 1. The Labute approximate surface area is 117 Å². The summed E-state index contributed by atoms with van der Waals surface area (Å²) in [6, 6.07) is 3.90. The zero-order valence-corrected chi connectivity index (χ0v) is 11.5. The summed E-state index contributed by atoms with van der Waals surface area (Å²) in [6.07, 6.45) is 3.91. The molecule has 1 aromatic carbocycles. The molecular weight excluding hydrogens is 261 g/mol. The van der Waals surface area contributed by atoms with E-state index in [0.29, 0.717) is 24.3 Å². The molecule has 0 N–H and O–H groups in total. The number of hydrogen-bond donors (Lipinski definition) is 0. The van der Waals surface area contributed by atoms with Crippen molar-refractivity contribution in [3.05, 3.63) is 39.7 Å². The highest BCUT2D eigenvalue weighted by Crippen LogP contribution is 2.31.